The molecule has 0 heterocycles. The van der Waals surface area contributed by atoms with Crippen molar-refractivity contribution in [2.45, 2.75) is 340 Å². The highest BCUT2D eigenvalue weighted by atomic mass is 16.3. The monoisotopic (exact) mass is 970 g/mol. The Kier molecular flexibility index (Phi) is 55.7. The van der Waals surface area contributed by atoms with Gasteiger partial charge in [-0.25, -0.2) is 0 Å². The van der Waals surface area contributed by atoms with Crippen LogP contribution in [0.4, 0.5) is 0 Å². The van der Waals surface area contributed by atoms with Crippen LogP contribution in [0.3, 0.4) is 0 Å². The fraction of sp³-hybridized carbons (Fsp3) is 0.857. The summed E-state index contributed by atoms with van der Waals surface area (Å²) in [5, 5.41) is 44.0. The smallest absolute Gasteiger partial charge is 0.249 e. The summed E-state index contributed by atoms with van der Waals surface area (Å²) in [5.74, 6) is -0.597. The minimum atomic E-state index is -1.30. The van der Waals surface area contributed by atoms with Crippen molar-refractivity contribution in [2.75, 3.05) is 6.61 Å². The number of aliphatic hydroxyl groups excluding tert-OH is 4. The summed E-state index contributed by atoms with van der Waals surface area (Å²) >= 11 is 0. The Hall–Kier alpha value is -1.73. The Morgan fingerprint density at radius 2 is 0.609 bits per heavy atom. The van der Waals surface area contributed by atoms with Crippen LogP contribution in [0, 0.1) is 0 Å². The lowest BCUT2D eigenvalue weighted by atomic mass is 10.00. The van der Waals surface area contributed by atoms with E-state index in [1.807, 2.05) is 0 Å². The van der Waals surface area contributed by atoms with Gasteiger partial charge in [0.2, 0.25) is 5.91 Å². The molecule has 0 aliphatic carbocycles. The van der Waals surface area contributed by atoms with Crippen molar-refractivity contribution >= 4 is 5.91 Å². The predicted molar refractivity (Wildman–Crippen MR) is 302 cm³/mol. The van der Waals surface area contributed by atoms with Crippen LogP contribution >= 0.6 is 0 Å². The zero-order valence-electron chi connectivity index (χ0n) is 46.1. The van der Waals surface area contributed by atoms with Gasteiger partial charge in [0.15, 0.2) is 0 Å². The van der Waals surface area contributed by atoms with Crippen LogP contribution in [-0.4, -0.2) is 57.3 Å². The molecule has 0 saturated heterocycles. The molecular weight excluding hydrogens is 851 g/mol. The van der Waals surface area contributed by atoms with Crippen molar-refractivity contribution < 1.29 is 25.2 Å². The summed E-state index contributed by atoms with van der Waals surface area (Å²) in [6, 6.07) is -1.01. The fourth-order valence-corrected chi connectivity index (χ4v) is 9.43. The SMILES string of the molecule is CCCCCCCCCCCCCC/C=C\CCCCCCCCCCCCCCC(O)C(=O)NC(CO)C(O)C(O)CCC/C=C/CC/C=C/CC/C=C/CCCCCCCCCCCCCC. The van der Waals surface area contributed by atoms with Crippen LogP contribution in [0.15, 0.2) is 48.6 Å². The van der Waals surface area contributed by atoms with E-state index in [4.69, 9.17) is 0 Å². The number of nitrogens with one attached hydrogen (secondary N) is 1. The molecule has 5 N–H and O–H groups in total. The molecule has 406 valence electrons. The second-order valence-electron chi connectivity index (χ2n) is 21.0. The Morgan fingerprint density at radius 1 is 0.348 bits per heavy atom. The molecule has 0 aromatic heterocycles. The van der Waals surface area contributed by atoms with E-state index in [0.717, 1.165) is 51.4 Å². The molecule has 4 atom stereocenters. The summed E-state index contributed by atoms with van der Waals surface area (Å²) in [6.45, 7) is 4.07. The first-order chi connectivity index (χ1) is 34.0. The van der Waals surface area contributed by atoms with Gasteiger partial charge < -0.3 is 25.7 Å². The van der Waals surface area contributed by atoms with Gasteiger partial charge in [-0.3, -0.25) is 4.79 Å². The fourth-order valence-electron chi connectivity index (χ4n) is 9.43. The number of hydrogen-bond donors (Lipinski definition) is 5. The summed E-state index contributed by atoms with van der Waals surface area (Å²) in [4.78, 5) is 12.6. The van der Waals surface area contributed by atoms with E-state index in [1.165, 1.54) is 231 Å². The number of unbranched alkanes of at least 4 members (excludes halogenated alkanes) is 39. The van der Waals surface area contributed by atoms with Gasteiger partial charge in [-0.2, -0.15) is 0 Å². The molecule has 4 unspecified atom stereocenters. The van der Waals surface area contributed by atoms with Crippen molar-refractivity contribution in [1.29, 1.82) is 0 Å². The third kappa shape index (κ3) is 51.0. The Bertz CT molecular complexity index is 1130. The molecule has 0 bridgehead atoms. The molecule has 0 aromatic rings. The van der Waals surface area contributed by atoms with Crippen LogP contribution in [0.1, 0.15) is 316 Å². The third-order valence-electron chi connectivity index (χ3n) is 14.2. The van der Waals surface area contributed by atoms with Crippen LogP contribution in [-0.2, 0) is 4.79 Å². The Balaban J connectivity index is 3.67. The van der Waals surface area contributed by atoms with Crippen LogP contribution < -0.4 is 5.32 Å². The predicted octanol–water partition coefficient (Wildman–Crippen LogP) is 18.1. The zero-order valence-corrected chi connectivity index (χ0v) is 46.1. The summed E-state index contributed by atoms with van der Waals surface area (Å²) in [5.41, 5.74) is 0. The first-order valence-electron chi connectivity index (χ1n) is 30.5. The number of carbonyl (C=O) groups is 1. The van der Waals surface area contributed by atoms with E-state index in [9.17, 15) is 25.2 Å². The number of aliphatic hydroxyl groups is 4. The Labute approximate surface area is 429 Å². The van der Waals surface area contributed by atoms with Crippen LogP contribution in [0.2, 0.25) is 0 Å². The van der Waals surface area contributed by atoms with Crippen LogP contribution in [0.25, 0.3) is 0 Å². The van der Waals surface area contributed by atoms with Crippen molar-refractivity contribution in [3.8, 4) is 0 Å². The van der Waals surface area contributed by atoms with E-state index < -0.39 is 36.9 Å². The maximum absolute atomic E-state index is 12.6. The van der Waals surface area contributed by atoms with Gasteiger partial charge in [0.1, 0.15) is 12.2 Å². The molecule has 0 saturated carbocycles. The molecule has 6 nitrogen and oxygen atoms in total. The van der Waals surface area contributed by atoms with E-state index in [2.05, 4.69) is 67.8 Å². The first kappa shape index (κ1) is 67.3. The molecule has 6 heteroatoms. The maximum atomic E-state index is 12.6. The molecule has 0 radical (unpaired) electrons. The molecule has 0 aliphatic rings. The lowest BCUT2D eigenvalue weighted by Gasteiger charge is -2.27. The molecule has 69 heavy (non-hydrogen) atoms. The lowest BCUT2D eigenvalue weighted by Crippen LogP contribution is -2.53. The average molecular weight is 971 g/mol. The molecule has 1 amide bonds. The number of rotatable bonds is 56. The highest BCUT2D eigenvalue weighted by molar-refractivity contribution is 5.80. The molecular formula is C63H119NO5. The summed E-state index contributed by atoms with van der Waals surface area (Å²) in [7, 11) is 0. The molecule has 0 aliphatic heterocycles. The molecule has 0 rings (SSSR count). The number of allylic oxidation sites excluding steroid dienone is 8. The van der Waals surface area contributed by atoms with Crippen molar-refractivity contribution in [1.82, 2.24) is 5.32 Å². The molecule has 0 aromatic carbocycles. The van der Waals surface area contributed by atoms with Crippen LogP contribution in [0.5, 0.6) is 0 Å². The van der Waals surface area contributed by atoms with Gasteiger partial charge in [0.05, 0.1) is 18.8 Å². The summed E-state index contributed by atoms with van der Waals surface area (Å²) < 4.78 is 0. The maximum Gasteiger partial charge on any atom is 0.249 e. The lowest BCUT2D eigenvalue weighted by molar-refractivity contribution is -0.132. The van der Waals surface area contributed by atoms with Crippen molar-refractivity contribution in [3.05, 3.63) is 48.6 Å². The van der Waals surface area contributed by atoms with E-state index in [1.54, 1.807) is 0 Å². The minimum Gasteiger partial charge on any atom is -0.394 e. The van der Waals surface area contributed by atoms with Gasteiger partial charge in [0, 0.05) is 0 Å². The largest absolute Gasteiger partial charge is 0.394 e. The van der Waals surface area contributed by atoms with E-state index in [0.29, 0.717) is 19.3 Å². The van der Waals surface area contributed by atoms with Gasteiger partial charge in [-0.15, -0.1) is 0 Å². The second kappa shape index (κ2) is 57.2. The van der Waals surface area contributed by atoms with Gasteiger partial charge in [0.25, 0.3) is 0 Å². The van der Waals surface area contributed by atoms with Crippen molar-refractivity contribution in [2.24, 2.45) is 0 Å². The molecule has 0 spiro atoms. The number of hydrogen-bond acceptors (Lipinski definition) is 5. The zero-order chi connectivity index (χ0) is 50.2. The summed E-state index contributed by atoms with van der Waals surface area (Å²) in [6.07, 6.45) is 73.4. The highest BCUT2D eigenvalue weighted by Gasteiger charge is 2.28. The first-order valence-corrected chi connectivity index (χ1v) is 30.5. The topological polar surface area (TPSA) is 110 Å². The minimum absolute atomic E-state index is 0.358. The normalized spacial score (nSPS) is 14.0. The van der Waals surface area contributed by atoms with Gasteiger partial charge >= 0.3 is 0 Å². The third-order valence-corrected chi connectivity index (χ3v) is 14.2. The highest BCUT2D eigenvalue weighted by Crippen LogP contribution is 2.17. The standard InChI is InChI=1S/C63H119NO5/c1-3-5-7-9-11-13-15-17-19-21-23-25-27-29-30-31-33-35-37-39-41-43-45-47-49-51-53-55-57-61(67)63(69)64-59(58-65)62(68)60(66)56-54-52-50-48-46-44-42-40-38-36-34-32-28-26-24-22-20-18-16-14-12-10-8-6-4-2/h29-30,32,34,40,42,48,50,59-62,65-68H,3-28,31,33,35-39,41,43-47,49,51-58H2,1-2H3,(H,64,69)/b30-29-,34-32+,42-40+,50-48+. The van der Waals surface area contributed by atoms with E-state index in [-0.39, 0.29) is 0 Å². The number of carbonyl (C=O) groups excluding carboxylic acids is 1. The average Bonchev–Trinajstić information content (AvgIpc) is 3.35. The van der Waals surface area contributed by atoms with Crippen molar-refractivity contribution in [3.63, 3.8) is 0 Å². The van der Waals surface area contributed by atoms with Gasteiger partial charge in [-0.1, -0.05) is 274 Å². The number of amides is 1. The second-order valence-corrected chi connectivity index (χ2v) is 21.0. The molecule has 0 fully saturated rings. The van der Waals surface area contributed by atoms with Gasteiger partial charge in [-0.05, 0) is 89.9 Å². The Morgan fingerprint density at radius 3 is 0.913 bits per heavy atom. The quantitative estimate of drug-likeness (QED) is 0.0308. The van der Waals surface area contributed by atoms with E-state index >= 15 is 0 Å².